The van der Waals surface area contributed by atoms with E-state index in [1.807, 2.05) is 0 Å². The van der Waals surface area contributed by atoms with Crippen LogP contribution in [0.1, 0.15) is 51.9 Å². The van der Waals surface area contributed by atoms with Crippen molar-refractivity contribution >= 4 is 18.0 Å². The number of rotatable bonds is 2. The maximum atomic E-state index is 13.2. The number of halogens is 1. The van der Waals surface area contributed by atoms with E-state index < -0.39 is 41.0 Å². The van der Waals surface area contributed by atoms with Crippen molar-refractivity contribution < 1.29 is 28.2 Å². The highest BCUT2D eigenvalue weighted by molar-refractivity contribution is 6.02. The molecule has 29 heavy (non-hydrogen) atoms. The maximum Gasteiger partial charge on any atom is 0.411 e. The number of nitrogens with zero attached hydrogens (tertiary/aromatic N) is 2. The summed E-state index contributed by atoms with van der Waals surface area (Å²) in [5.41, 5.74) is -1.17. The molecule has 1 aliphatic rings. The molecular weight excluding hydrogens is 379 g/mol. The first kappa shape index (κ1) is 22.6. The first-order valence-electron chi connectivity index (χ1n) is 9.54. The van der Waals surface area contributed by atoms with Gasteiger partial charge >= 0.3 is 12.2 Å². The molecule has 0 saturated carbocycles. The Morgan fingerprint density at radius 1 is 0.897 bits per heavy atom. The number of Topliss-reactive ketones (excluding diaryl/α,β-unsaturated/α-hetero) is 1. The summed E-state index contributed by atoms with van der Waals surface area (Å²) in [5, 5.41) is 0. The van der Waals surface area contributed by atoms with Gasteiger partial charge in [0.2, 0.25) is 0 Å². The summed E-state index contributed by atoms with van der Waals surface area (Å²) in [6.45, 7) is 10.8. The number of piperazine rings is 1. The molecule has 1 unspecified atom stereocenters. The Balaban J connectivity index is 2.27. The monoisotopic (exact) mass is 408 g/mol. The molecule has 0 aromatic heterocycles. The van der Waals surface area contributed by atoms with Crippen LogP contribution in [0.15, 0.2) is 24.3 Å². The first-order valence-corrected chi connectivity index (χ1v) is 9.54. The van der Waals surface area contributed by atoms with Crippen LogP contribution >= 0.6 is 0 Å². The molecule has 1 aliphatic heterocycles. The number of ketones is 1. The molecule has 2 rings (SSSR count). The van der Waals surface area contributed by atoms with Gasteiger partial charge in [0.25, 0.3) is 0 Å². The summed E-state index contributed by atoms with van der Waals surface area (Å²) in [4.78, 5) is 41.0. The maximum absolute atomic E-state index is 13.2. The van der Waals surface area contributed by atoms with Crippen LogP contribution in [-0.4, -0.2) is 64.6 Å². The van der Waals surface area contributed by atoms with Gasteiger partial charge in [-0.05, 0) is 65.8 Å². The van der Waals surface area contributed by atoms with Gasteiger partial charge in [0, 0.05) is 18.7 Å². The Kier molecular flexibility index (Phi) is 6.55. The predicted molar refractivity (Wildman–Crippen MR) is 105 cm³/mol. The normalized spacial score (nSPS) is 17.7. The predicted octanol–water partition coefficient (Wildman–Crippen LogP) is 3.86. The molecule has 160 valence electrons. The molecule has 0 bridgehead atoms. The van der Waals surface area contributed by atoms with Crippen molar-refractivity contribution in [3.63, 3.8) is 0 Å². The van der Waals surface area contributed by atoms with Crippen molar-refractivity contribution in [1.29, 1.82) is 0 Å². The molecule has 1 fully saturated rings. The standard InChI is InChI=1S/C21H29FN2O5/c1-20(2,3)28-18(26)23-11-12-24(19(27)29-21(4,5)6)16(13-23)17(25)14-7-9-15(22)10-8-14/h7-10,16H,11-13H2,1-6H3. The number of hydrogen-bond donors (Lipinski definition) is 0. The number of amides is 2. The van der Waals surface area contributed by atoms with E-state index >= 15 is 0 Å². The van der Waals surface area contributed by atoms with Crippen LogP contribution in [0.4, 0.5) is 14.0 Å². The lowest BCUT2D eigenvalue weighted by Gasteiger charge is -2.41. The summed E-state index contributed by atoms with van der Waals surface area (Å²) in [5.74, 6) is -0.867. The van der Waals surface area contributed by atoms with Gasteiger partial charge in [-0.1, -0.05) is 0 Å². The van der Waals surface area contributed by atoms with Gasteiger partial charge in [0.1, 0.15) is 23.1 Å². The van der Waals surface area contributed by atoms with Gasteiger partial charge in [0.05, 0.1) is 6.54 Å². The molecule has 1 atom stereocenters. The number of hydrogen-bond acceptors (Lipinski definition) is 5. The molecule has 1 heterocycles. The molecule has 1 saturated heterocycles. The molecular formula is C21H29FN2O5. The molecule has 0 radical (unpaired) electrons. The highest BCUT2D eigenvalue weighted by Crippen LogP contribution is 2.21. The molecule has 0 N–H and O–H groups in total. The number of benzene rings is 1. The summed E-state index contributed by atoms with van der Waals surface area (Å²) < 4.78 is 24.1. The SMILES string of the molecule is CC(C)(C)OC(=O)N1CCN(C(=O)OC(C)(C)C)C(C(=O)c2ccc(F)cc2)C1. The highest BCUT2D eigenvalue weighted by atomic mass is 19.1. The largest absolute Gasteiger partial charge is 0.444 e. The Hall–Kier alpha value is -2.64. The minimum atomic E-state index is -0.962. The molecule has 0 aliphatic carbocycles. The fourth-order valence-electron chi connectivity index (χ4n) is 2.85. The molecule has 1 aromatic rings. The second-order valence-corrected chi connectivity index (χ2v) is 8.99. The van der Waals surface area contributed by atoms with Crippen molar-refractivity contribution in [2.24, 2.45) is 0 Å². The summed E-state index contributed by atoms with van der Waals surface area (Å²) >= 11 is 0. The summed E-state index contributed by atoms with van der Waals surface area (Å²) in [6, 6.07) is 4.12. The van der Waals surface area contributed by atoms with Gasteiger partial charge in [0.15, 0.2) is 5.78 Å². The minimum absolute atomic E-state index is 0.0373. The van der Waals surface area contributed by atoms with E-state index in [1.54, 1.807) is 41.5 Å². The minimum Gasteiger partial charge on any atom is -0.444 e. The quantitative estimate of drug-likeness (QED) is 0.695. The van der Waals surface area contributed by atoms with Crippen molar-refractivity contribution in [2.45, 2.75) is 58.8 Å². The Morgan fingerprint density at radius 3 is 1.93 bits per heavy atom. The average Bonchev–Trinajstić information content (AvgIpc) is 2.58. The van der Waals surface area contributed by atoms with Crippen molar-refractivity contribution in [3.8, 4) is 0 Å². The van der Waals surface area contributed by atoms with Crippen LogP contribution in [-0.2, 0) is 9.47 Å². The fourth-order valence-corrected chi connectivity index (χ4v) is 2.85. The number of carbonyl (C=O) groups is 3. The van der Waals surface area contributed by atoms with Crippen LogP contribution in [0.25, 0.3) is 0 Å². The second kappa shape index (κ2) is 8.39. The third-order valence-corrected chi connectivity index (χ3v) is 4.09. The zero-order valence-electron chi connectivity index (χ0n) is 17.8. The van der Waals surface area contributed by atoms with E-state index in [0.717, 1.165) is 0 Å². The molecule has 1 aromatic carbocycles. The van der Waals surface area contributed by atoms with E-state index in [4.69, 9.17) is 9.47 Å². The van der Waals surface area contributed by atoms with Gasteiger partial charge in [-0.3, -0.25) is 9.69 Å². The van der Waals surface area contributed by atoms with E-state index in [2.05, 4.69) is 0 Å². The van der Waals surface area contributed by atoms with E-state index in [9.17, 15) is 18.8 Å². The molecule has 8 heteroatoms. The lowest BCUT2D eigenvalue weighted by molar-refractivity contribution is -0.0120. The Labute approximate surface area is 170 Å². The highest BCUT2D eigenvalue weighted by Gasteiger charge is 2.40. The van der Waals surface area contributed by atoms with Gasteiger partial charge in [-0.15, -0.1) is 0 Å². The number of ether oxygens (including phenoxy) is 2. The summed E-state index contributed by atoms with van der Waals surface area (Å²) in [7, 11) is 0. The number of carbonyl (C=O) groups excluding carboxylic acids is 3. The molecule has 0 spiro atoms. The second-order valence-electron chi connectivity index (χ2n) is 8.99. The van der Waals surface area contributed by atoms with Crippen molar-refractivity contribution in [1.82, 2.24) is 9.80 Å². The smallest absolute Gasteiger partial charge is 0.411 e. The topological polar surface area (TPSA) is 76.2 Å². The fraction of sp³-hybridized carbons (Fsp3) is 0.571. The van der Waals surface area contributed by atoms with Crippen LogP contribution in [0, 0.1) is 5.82 Å². The molecule has 7 nitrogen and oxygen atoms in total. The van der Waals surface area contributed by atoms with Crippen molar-refractivity contribution in [3.05, 3.63) is 35.6 Å². The lowest BCUT2D eigenvalue weighted by atomic mass is 10.0. The van der Waals surface area contributed by atoms with E-state index in [1.165, 1.54) is 34.1 Å². The zero-order valence-corrected chi connectivity index (χ0v) is 17.8. The third-order valence-electron chi connectivity index (χ3n) is 4.09. The van der Waals surface area contributed by atoms with Crippen LogP contribution < -0.4 is 0 Å². The Morgan fingerprint density at radius 2 is 1.41 bits per heavy atom. The average molecular weight is 408 g/mol. The van der Waals surface area contributed by atoms with Crippen molar-refractivity contribution in [2.75, 3.05) is 19.6 Å². The van der Waals surface area contributed by atoms with Gasteiger partial charge in [-0.25, -0.2) is 14.0 Å². The third kappa shape index (κ3) is 6.44. The Bertz CT molecular complexity index is 765. The van der Waals surface area contributed by atoms with Crippen LogP contribution in [0.5, 0.6) is 0 Å². The van der Waals surface area contributed by atoms with Crippen LogP contribution in [0.2, 0.25) is 0 Å². The van der Waals surface area contributed by atoms with Gasteiger partial charge in [-0.2, -0.15) is 0 Å². The first-order chi connectivity index (χ1) is 13.3. The zero-order chi connectivity index (χ0) is 22.0. The lowest BCUT2D eigenvalue weighted by Crippen LogP contribution is -2.60. The van der Waals surface area contributed by atoms with E-state index in [-0.39, 0.29) is 25.2 Å². The van der Waals surface area contributed by atoms with E-state index in [0.29, 0.717) is 0 Å². The van der Waals surface area contributed by atoms with Gasteiger partial charge < -0.3 is 14.4 Å². The molecule has 2 amide bonds. The summed E-state index contributed by atoms with van der Waals surface area (Å²) in [6.07, 6.45) is -1.19. The van der Waals surface area contributed by atoms with Crippen LogP contribution in [0.3, 0.4) is 0 Å².